The van der Waals surface area contributed by atoms with Crippen molar-refractivity contribution in [1.82, 2.24) is 0 Å². The maximum absolute atomic E-state index is 11.8. The van der Waals surface area contributed by atoms with Crippen LogP contribution in [0.4, 0.5) is 13.2 Å². The van der Waals surface area contributed by atoms with Gasteiger partial charge < -0.3 is 4.18 Å². The summed E-state index contributed by atoms with van der Waals surface area (Å²) in [6, 6.07) is 0. The second-order valence-electron chi connectivity index (χ2n) is 3.57. The fourth-order valence-corrected chi connectivity index (χ4v) is 1.43. The van der Waals surface area contributed by atoms with E-state index in [1.54, 1.807) is 0 Å². The highest BCUT2D eigenvalue weighted by molar-refractivity contribution is 7.87. The minimum absolute atomic E-state index is 0.511. The van der Waals surface area contributed by atoms with E-state index < -0.39 is 15.6 Å². The van der Waals surface area contributed by atoms with Crippen molar-refractivity contribution in [3.8, 4) is 0 Å². The Morgan fingerprint density at radius 3 is 2.24 bits per heavy atom. The third-order valence-electron chi connectivity index (χ3n) is 2.04. The second kappa shape index (κ2) is 7.58. The lowest BCUT2D eigenvalue weighted by Gasteiger charge is -2.05. The third kappa shape index (κ3) is 7.25. The van der Waals surface area contributed by atoms with E-state index >= 15 is 0 Å². The van der Waals surface area contributed by atoms with Gasteiger partial charge in [0.15, 0.2) is 0 Å². The molecule has 0 bridgehead atoms. The van der Waals surface area contributed by atoms with E-state index in [9.17, 15) is 21.6 Å². The van der Waals surface area contributed by atoms with Gasteiger partial charge in [0.2, 0.25) is 0 Å². The molecule has 0 atom stereocenters. The molecular weight excluding hydrogens is 257 g/mol. The van der Waals surface area contributed by atoms with Crippen LogP contribution in [-0.4, -0.2) is 13.9 Å². The first kappa shape index (κ1) is 16.3. The zero-order chi connectivity index (χ0) is 13.4. The van der Waals surface area contributed by atoms with Crippen molar-refractivity contribution in [3.63, 3.8) is 0 Å². The van der Waals surface area contributed by atoms with Crippen molar-refractivity contribution < 1.29 is 25.8 Å². The van der Waals surface area contributed by atoms with Crippen LogP contribution in [0.15, 0.2) is 12.3 Å². The van der Waals surface area contributed by atoms with Gasteiger partial charge in [0.25, 0.3) is 0 Å². The summed E-state index contributed by atoms with van der Waals surface area (Å²) in [5, 5.41) is 0. The van der Waals surface area contributed by atoms with Crippen molar-refractivity contribution in [2.45, 2.75) is 51.0 Å². The molecule has 0 aromatic heterocycles. The zero-order valence-corrected chi connectivity index (χ0v) is 10.5. The summed E-state index contributed by atoms with van der Waals surface area (Å²) < 4.78 is 59.9. The molecule has 0 heterocycles. The van der Waals surface area contributed by atoms with E-state index in [0.717, 1.165) is 32.1 Å². The molecule has 0 saturated heterocycles. The number of unbranched alkanes of at least 4 members (excludes halogenated alkanes) is 5. The molecule has 0 aromatic carbocycles. The van der Waals surface area contributed by atoms with Crippen molar-refractivity contribution in [1.29, 1.82) is 0 Å². The van der Waals surface area contributed by atoms with Crippen molar-refractivity contribution >= 4 is 10.1 Å². The van der Waals surface area contributed by atoms with E-state index in [1.807, 2.05) is 0 Å². The van der Waals surface area contributed by atoms with E-state index in [0.29, 0.717) is 12.7 Å². The third-order valence-corrected chi connectivity index (χ3v) is 2.97. The Kier molecular flexibility index (Phi) is 7.26. The Hall–Kier alpha value is -0.720. The molecule has 7 heteroatoms. The molecule has 3 nitrogen and oxygen atoms in total. The predicted octanol–water partition coefficient (Wildman–Crippen LogP) is 3.73. The molecule has 0 aliphatic rings. The molecule has 0 rings (SSSR count). The van der Waals surface area contributed by atoms with Gasteiger partial charge >= 0.3 is 15.6 Å². The van der Waals surface area contributed by atoms with Crippen LogP contribution in [-0.2, 0) is 14.3 Å². The van der Waals surface area contributed by atoms with Gasteiger partial charge in [0.1, 0.15) is 6.26 Å². The van der Waals surface area contributed by atoms with Gasteiger partial charge in [-0.25, -0.2) is 0 Å². The van der Waals surface area contributed by atoms with Crippen LogP contribution in [0, 0.1) is 0 Å². The van der Waals surface area contributed by atoms with Crippen LogP contribution in [0.25, 0.3) is 0 Å². The molecule has 0 unspecified atom stereocenters. The van der Waals surface area contributed by atoms with Gasteiger partial charge in [0.05, 0.1) is 0 Å². The summed E-state index contributed by atoms with van der Waals surface area (Å²) in [5.74, 6) is 0. The minimum atomic E-state index is -5.49. The van der Waals surface area contributed by atoms with E-state index in [4.69, 9.17) is 0 Å². The lowest BCUT2D eigenvalue weighted by Crippen LogP contribution is -2.23. The maximum Gasteiger partial charge on any atom is 0.534 e. The molecule has 0 fully saturated rings. The summed E-state index contributed by atoms with van der Waals surface area (Å²) in [5.41, 5.74) is -5.36. The predicted molar refractivity (Wildman–Crippen MR) is 58.6 cm³/mol. The SMILES string of the molecule is CCCCCCC/C=C\OS(=O)(=O)C(F)(F)F. The Morgan fingerprint density at radius 2 is 1.71 bits per heavy atom. The van der Waals surface area contributed by atoms with Gasteiger partial charge in [0, 0.05) is 0 Å². The summed E-state index contributed by atoms with van der Waals surface area (Å²) in [6.45, 7) is 2.08. The van der Waals surface area contributed by atoms with E-state index in [2.05, 4.69) is 11.1 Å². The van der Waals surface area contributed by atoms with Crippen LogP contribution in [0.3, 0.4) is 0 Å². The highest BCUT2D eigenvalue weighted by Crippen LogP contribution is 2.24. The molecule has 0 aliphatic heterocycles. The standard InChI is InChI=1S/C10H17F3O3S/c1-2-3-4-5-6-7-8-9-16-17(14,15)10(11,12)13/h8-9H,2-7H2,1H3/b9-8-. The van der Waals surface area contributed by atoms with E-state index in [-0.39, 0.29) is 0 Å². The quantitative estimate of drug-likeness (QED) is 0.293. The fourth-order valence-electron chi connectivity index (χ4n) is 1.10. The fraction of sp³-hybridized carbons (Fsp3) is 0.800. The second-order valence-corrected chi connectivity index (χ2v) is 5.13. The molecule has 0 saturated carbocycles. The Labute approximate surface area is 99.8 Å². The lowest BCUT2D eigenvalue weighted by atomic mass is 10.1. The van der Waals surface area contributed by atoms with Crippen molar-refractivity contribution in [2.24, 2.45) is 0 Å². The monoisotopic (exact) mass is 274 g/mol. The van der Waals surface area contributed by atoms with Crippen LogP contribution in [0.2, 0.25) is 0 Å². The smallest absolute Gasteiger partial charge is 0.384 e. The molecular formula is C10H17F3O3S. The number of alkyl halides is 3. The molecule has 17 heavy (non-hydrogen) atoms. The first-order valence-corrected chi connectivity index (χ1v) is 6.86. The number of hydrogen-bond donors (Lipinski definition) is 0. The van der Waals surface area contributed by atoms with Gasteiger partial charge in [-0.1, -0.05) is 32.6 Å². The van der Waals surface area contributed by atoms with Gasteiger partial charge in [-0.05, 0) is 18.9 Å². The van der Waals surface area contributed by atoms with Crippen LogP contribution in [0.1, 0.15) is 45.4 Å². The lowest BCUT2D eigenvalue weighted by molar-refractivity contribution is -0.0515. The summed E-state index contributed by atoms with van der Waals surface area (Å²) in [6.07, 6.45) is 7.49. The first-order valence-electron chi connectivity index (χ1n) is 5.46. The molecule has 0 N–H and O–H groups in total. The summed E-state index contributed by atoms with van der Waals surface area (Å²) >= 11 is 0. The maximum atomic E-state index is 11.8. The highest BCUT2D eigenvalue weighted by Gasteiger charge is 2.47. The number of allylic oxidation sites excluding steroid dienone is 1. The number of rotatable bonds is 8. The Balaban J connectivity index is 3.75. The van der Waals surface area contributed by atoms with Crippen LogP contribution >= 0.6 is 0 Å². The summed E-state index contributed by atoms with van der Waals surface area (Å²) in [4.78, 5) is 0. The number of halogens is 3. The molecule has 102 valence electrons. The van der Waals surface area contributed by atoms with Crippen molar-refractivity contribution in [2.75, 3.05) is 0 Å². The Bertz CT molecular complexity index is 320. The molecule has 0 amide bonds. The van der Waals surface area contributed by atoms with Gasteiger partial charge in [-0.2, -0.15) is 21.6 Å². The average Bonchev–Trinajstić information content (AvgIpc) is 2.20. The van der Waals surface area contributed by atoms with Crippen LogP contribution in [0.5, 0.6) is 0 Å². The summed E-state index contributed by atoms with van der Waals surface area (Å²) in [7, 11) is -5.49. The minimum Gasteiger partial charge on any atom is -0.384 e. The van der Waals surface area contributed by atoms with Crippen LogP contribution < -0.4 is 0 Å². The highest BCUT2D eigenvalue weighted by atomic mass is 32.2. The normalized spacial score (nSPS) is 13.2. The number of hydrogen-bond acceptors (Lipinski definition) is 3. The topological polar surface area (TPSA) is 43.4 Å². The van der Waals surface area contributed by atoms with Gasteiger partial charge in [-0.15, -0.1) is 0 Å². The molecule has 0 aromatic rings. The molecule has 0 radical (unpaired) electrons. The first-order chi connectivity index (χ1) is 7.81. The largest absolute Gasteiger partial charge is 0.534 e. The van der Waals surface area contributed by atoms with Crippen molar-refractivity contribution in [3.05, 3.63) is 12.3 Å². The van der Waals surface area contributed by atoms with Gasteiger partial charge in [-0.3, -0.25) is 0 Å². The molecule has 0 spiro atoms. The molecule has 0 aliphatic carbocycles. The van der Waals surface area contributed by atoms with E-state index in [1.165, 1.54) is 6.08 Å². The zero-order valence-electron chi connectivity index (χ0n) is 9.66. The average molecular weight is 274 g/mol. The Morgan fingerprint density at radius 1 is 1.12 bits per heavy atom.